The summed E-state index contributed by atoms with van der Waals surface area (Å²) in [7, 11) is -3.51. The number of ether oxygens (including phenoxy) is 1. The molecule has 0 radical (unpaired) electrons. The van der Waals surface area contributed by atoms with E-state index in [1.54, 1.807) is 24.3 Å². The number of nitrogens with zero attached hydrogens (tertiary/aromatic N) is 1. The first-order chi connectivity index (χ1) is 13.0. The van der Waals surface area contributed by atoms with Gasteiger partial charge < -0.3 is 15.4 Å². The number of benzene rings is 1. The molecule has 0 aliphatic carbocycles. The van der Waals surface area contributed by atoms with Crippen molar-refractivity contribution in [3.8, 4) is 0 Å². The Morgan fingerprint density at radius 2 is 1.93 bits per heavy atom. The Morgan fingerprint density at radius 1 is 1.22 bits per heavy atom. The molecule has 27 heavy (non-hydrogen) atoms. The second-order valence-electron chi connectivity index (χ2n) is 6.71. The van der Waals surface area contributed by atoms with Crippen molar-refractivity contribution in [2.45, 2.75) is 36.6 Å². The lowest BCUT2D eigenvalue weighted by atomic mass is 10.1. The molecule has 0 bridgehead atoms. The summed E-state index contributed by atoms with van der Waals surface area (Å²) in [6.07, 6.45) is 2.25. The van der Waals surface area contributed by atoms with E-state index in [9.17, 15) is 18.0 Å². The summed E-state index contributed by atoms with van der Waals surface area (Å²) >= 11 is 0. The molecule has 9 heteroatoms. The average molecular weight is 395 g/mol. The van der Waals surface area contributed by atoms with Gasteiger partial charge in [-0.05, 0) is 37.0 Å². The van der Waals surface area contributed by atoms with Crippen molar-refractivity contribution in [1.82, 2.24) is 14.9 Å². The number of morpholine rings is 1. The van der Waals surface area contributed by atoms with Gasteiger partial charge in [-0.15, -0.1) is 0 Å². The zero-order chi connectivity index (χ0) is 19.3. The number of nitrogens with one attached hydrogen (secondary N) is 2. The molecular weight excluding hydrogens is 370 g/mol. The Labute approximate surface area is 159 Å². The van der Waals surface area contributed by atoms with Crippen LogP contribution in [0.15, 0.2) is 29.2 Å². The van der Waals surface area contributed by atoms with Crippen molar-refractivity contribution < 1.29 is 22.7 Å². The molecule has 2 fully saturated rings. The maximum atomic E-state index is 12.6. The third kappa shape index (κ3) is 5.06. The summed E-state index contributed by atoms with van der Waals surface area (Å²) in [5.74, 6) is -0.311. The molecule has 1 aromatic carbocycles. The van der Waals surface area contributed by atoms with Crippen molar-refractivity contribution in [3.63, 3.8) is 0 Å². The second-order valence-corrected chi connectivity index (χ2v) is 8.65. The first-order valence-corrected chi connectivity index (χ1v) is 10.6. The molecule has 2 aliphatic heterocycles. The number of piperidine rings is 1. The van der Waals surface area contributed by atoms with Gasteiger partial charge >= 0.3 is 0 Å². The fourth-order valence-electron chi connectivity index (χ4n) is 3.20. The predicted molar refractivity (Wildman–Crippen MR) is 98.5 cm³/mol. The Morgan fingerprint density at radius 3 is 2.59 bits per heavy atom. The molecule has 2 aliphatic rings. The summed E-state index contributed by atoms with van der Waals surface area (Å²) in [4.78, 5) is 24.0. The Balaban J connectivity index is 1.53. The number of sulfonamides is 1. The molecule has 8 nitrogen and oxygen atoms in total. The van der Waals surface area contributed by atoms with Crippen molar-refractivity contribution in [2.75, 3.05) is 32.8 Å². The third-order valence-electron chi connectivity index (χ3n) is 4.79. The monoisotopic (exact) mass is 395 g/mol. The minimum atomic E-state index is -3.51. The van der Waals surface area contributed by atoms with Gasteiger partial charge in [0.05, 0.1) is 18.1 Å². The summed E-state index contributed by atoms with van der Waals surface area (Å²) < 4.78 is 31.8. The molecule has 148 valence electrons. The van der Waals surface area contributed by atoms with Crippen LogP contribution >= 0.6 is 0 Å². The molecule has 0 spiro atoms. The summed E-state index contributed by atoms with van der Waals surface area (Å²) in [5.41, 5.74) is 0.874. The van der Waals surface area contributed by atoms with Gasteiger partial charge in [0.15, 0.2) is 0 Å². The molecule has 2 N–H and O–H groups in total. The van der Waals surface area contributed by atoms with E-state index in [0.29, 0.717) is 45.7 Å². The smallest absolute Gasteiger partial charge is 0.243 e. The number of hydrogen-bond acceptors (Lipinski definition) is 5. The zero-order valence-electron chi connectivity index (χ0n) is 15.1. The van der Waals surface area contributed by atoms with Gasteiger partial charge in [-0.2, -0.15) is 4.31 Å². The molecule has 3 rings (SSSR count). The topological polar surface area (TPSA) is 105 Å². The van der Waals surface area contributed by atoms with Crippen molar-refractivity contribution in [2.24, 2.45) is 0 Å². The van der Waals surface area contributed by atoms with Gasteiger partial charge in [-0.1, -0.05) is 12.1 Å². The van der Waals surface area contributed by atoms with Crippen LogP contribution in [0.25, 0.3) is 0 Å². The van der Waals surface area contributed by atoms with Gasteiger partial charge in [-0.3, -0.25) is 9.59 Å². The lowest BCUT2D eigenvalue weighted by Crippen LogP contribution is -2.50. The van der Waals surface area contributed by atoms with Gasteiger partial charge in [0, 0.05) is 26.1 Å². The lowest BCUT2D eigenvalue weighted by Gasteiger charge is -2.26. The maximum absolute atomic E-state index is 12.6. The first-order valence-electron chi connectivity index (χ1n) is 9.21. The third-order valence-corrected chi connectivity index (χ3v) is 6.71. The van der Waals surface area contributed by atoms with Crippen LogP contribution in [0.4, 0.5) is 0 Å². The predicted octanol–water partition coefficient (Wildman–Crippen LogP) is 0.0349. The van der Waals surface area contributed by atoms with Crippen LogP contribution in [0.2, 0.25) is 0 Å². The largest absolute Gasteiger partial charge is 0.379 e. The Kier molecular flexibility index (Phi) is 6.46. The Bertz CT molecular complexity index is 773. The van der Waals surface area contributed by atoms with Crippen LogP contribution in [-0.4, -0.2) is 63.4 Å². The number of amides is 2. The number of aryl methyl sites for hydroxylation is 1. The van der Waals surface area contributed by atoms with Crippen LogP contribution in [0, 0.1) is 0 Å². The Hall–Kier alpha value is -1.97. The van der Waals surface area contributed by atoms with E-state index in [1.807, 2.05) is 0 Å². The van der Waals surface area contributed by atoms with E-state index in [2.05, 4.69) is 10.6 Å². The van der Waals surface area contributed by atoms with Gasteiger partial charge in [0.25, 0.3) is 0 Å². The number of carbonyl (C=O) groups is 2. The molecule has 0 saturated carbocycles. The van der Waals surface area contributed by atoms with Crippen LogP contribution in [0.5, 0.6) is 0 Å². The fraction of sp³-hybridized carbons (Fsp3) is 0.556. The second kappa shape index (κ2) is 8.81. The van der Waals surface area contributed by atoms with Gasteiger partial charge in [0.1, 0.15) is 6.04 Å². The fourth-order valence-corrected chi connectivity index (χ4v) is 4.61. The van der Waals surface area contributed by atoms with Crippen molar-refractivity contribution in [3.05, 3.63) is 29.8 Å². The molecular formula is C18H25N3O5S. The normalized spacial score (nSPS) is 21.5. The molecule has 1 atom stereocenters. The first kappa shape index (κ1) is 19.8. The molecule has 0 aromatic heterocycles. The van der Waals surface area contributed by atoms with Crippen LogP contribution in [-0.2, 0) is 30.8 Å². The van der Waals surface area contributed by atoms with E-state index in [4.69, 9.17) is 4.74 Å². The van der Waals surface area contributed by atoms with E-state index < -0.39 is 16.1 Å². The van der Waals surface area contributed by atoms with Gasteiger partial charge in [0.2, 0.25) is 21.8 Å². The summed E-state index contributed by atoms with van der Waals surface area (Å²) in [5, 5.41) is 5.49. The van der Waals surface area contributed by atoms with Crippen molar-refractivity contribution >= 4 is 21.8 Å². The quantitative estimate of drug-likeness (QED) is 0.707. The number of hydrogen-bond donors (Lipinski definition) is 2. The molecule has 1 unspecified atom stereocenters. The average Bonchev–Trinajstić information content (AvgIpc) is 2.69. The molecule has 2 amide bonds. The summed E-state index contributed by atoms with van der Waals surface area (Å²) in [6, 6.07) is 6.16. The van der Waals surface area contributed by atoms with Gasteiger partial charge in [-0.25, -0.2) is 8.42 Å². The zero-order valence-corrected chi connectivity index (χ0v) is 16.0. The highest BCUT2D eigenvalue weighted by atomic mass is 32.2. The lowest BCUT2D eigenvalue weighted by molar-refractivity contribution is -0.130. The molecule has 2 heterocycles. The SMILES string of the molecule is O=C(CCc1ccc(S(=O)(=O)N2CCOCC2)cc1)NC1CCCNC1=O. The number of rotatable bonds is 6. The number of carbonyl (C=O) groups excluding carboxylic acids is 2. The van der Waals surface area contributed by atoms with Crippen molar-refractivity contribution in [1.29, 1.82) is 0 Å². The van der Waals surface area contributed by atoms with E-state index >= 15 is 0 Å². The highest BCUT2D eigenvalue weighted by Crippen LogP contribution is 2.18. The van der Waals surface area contributed by atoms with Crippen LogP contribution in [0.1, 0.15) is 24.8 Å². The highest BCUT2D eigenvalue weighted by molar-refractivity contribution is 7.89. The molecule has 2 saturated heterocycles. The standard InChI is InChI=1S/C18H25N3O5S/c22-17(20-16-2-1-9-19-18(16)23)8-5-14-3-6-15(7-4-14)27(24,25)21-10-12-26-13-11-21/h3-4,6-7,16H,1-2,5,8-13H2,(H,19,23)(H,20,22). The van der Waals surface area contributed by atoms with E-state index in [-0.39, 0.29) is 23.1 Å². The van der Waals surface area contributed by atoms with Crippen LogP contribution in [0.3, 0.4) is 0 Å². The minimum Gasteiger partial charge on any atom is -0.379 e. The van der Waals surface area contributed by atoms with E-state index in [0.717, 1.165) is 12.0 Å². The van der Waals surface area contributed by atoms with Crippen LogP contribution < -0.4 is 10.6 Å². The highest BCUT2D eigenvalue weighted by Gasteiger charge is 2.26. The maximum Gasteiger partial charge on any atom is 0.243 e. The van der Waals surface area contributed by atoms with E-state index in [1.165, 1.54) is 4.31 Å². The molecule has 1 aromatic rings. The summed E-state index contributed by atoms with van der Waals surface area (Å²) in [6.45, 7) is 2.19. The minimum absolute atomic E-state index is 0.132.